The number of hydrogen-bond acceptors (Lipinski definition) is 4. The number of fused-ring (bicyclic) bond motifs is 1. The Morgan fingerprint density at radius 1 is 1.07 bits per heavy atom. The van der Waals surface area contributed by atoms with Crippen molar-refractivity contribution in [2.24, 2.45) is 0 Å². The molecule has 2 aromatic carbocycles. The third-order valence-electron chi connectivity index (χ3n) is 4.99. The Labute approximate surface area is 177 Å². The molecule has 4 nitrogen and oxygen atoms in total. The zero-order valence-corrected chi connectivity index (χ0v) is 16.8. The summed E-state index contributed by atoms with van der Waals surface area (Å²) in [5, 5.41) is 15.0. The van der Waals surface area contributed by atoms with Crippen LogP contribution >= 0.6 is 11.6 Å². The highest BCUT2D eigenvalue weighted by Gasteiger charge is 2.25. The quantitative estimate of drug-likeness (QED) is 0.410. The minimum absolute atomic E-state index is 0.0947. The van der Waals surface area contributed by atoms with Crippen LogP contribution in [0.3, 0.4) is 0 Å². The summed E-state index contributed by atoms with van der Waals surface area (Å²) in [7, 11) is 0. The van der Waals surface area contributed by atoms with Crippen molar-refractivity contribution in [2.45, 2.75) is 19.4 Å². The zero-order valence-electron chi connectivity index (χ0n) is 16.0. The molecule has 2 N–H and O–H groups in total. The molecule has 1 atom stereocenters. The Hall–Kier alpha value is -3.25. The summed E-state index contributed by atoms with van der Waals surface area (Å²) in [5.74, 6) is -0.722. The van der Waals surface area contributed by atoms with Gasteiger partial charge in [0.1, 0.15) is 28.7 Å². The lowest BCUT2D eigenvalue weighted by molar-refractivity contribution is 0.470. The van der Waals surface area contributed by atoms with E-state index in [2.05, 4.69) is 15.3 Å². The number of halogens is 3. The third-order valence-corrected chi connectivity index (χ3v) is 5.32. The molecule has 0 aliphatic rings. The molecule has 4 rings (SSSR count). The maximum absolute atomic E-state index is 14.8. The summed E-state index contributed by atoms with van der Waals surface area (Å²) in [6, 6.07) is 12.1. The van der Waals surface area contributed by atoms with Gasteiger partial charge in [-0.15, -0.1) is 0 Å². The number of aromatic hydroxyl groups is 1. The Morgan fingerprint density at radius 2 is 1.90 bits per heavy atom. The van der Waals surface area contributed by atoms with Crippen LogP contribution in [0.25, 0.3) is 10.9 Å². The molecular weight excluding hydrogens is 408 g/mol. The average molecular weight is 426 g/mol. The monoisotopic (exact) mass is 425 g/mol. The highest BCUT2D eigenvalue weighted by molar-refractivity contribution is 6.31. The van der Waals surface area contributed by atoms with Crippen molar-refractivity contribution in [3.8, 4) is 5.75 Å². The highest BCUT2D eigenvalue weighted by Crippen LogP contribution is 2.39. The van der Waals surface area contributed by atoms with Crippen LogP contribution in [-0.2, 0) is 6.42 Å². The number of nitrogens with one attached hydrogen (secondary N) is 1. The molecule has 2 heterocycles. The maximum atomic E-state index is 14.8. The molecule has 0 spiro atoms. The highest BCUT2D eigenvalue weighted by atomic mass is 35.5. The van der Waals surface area contributed by atoms with E-state index in [1.54, 1.807) is 36.5 Å². The molecule has 30 heavy (non-hydrogen) atoms. The van der Waals surface area contributed by atoms with Crippen molar-refractivity contribution in [1.29, 1.82) is 0 Å². The fourth-order valence-corrected chi connectivity index (χ4v) is 3.72. The first-order chi connectivity index (χ1) is 14.5. The topological polar surface area (TPSA) is 58.0 Å². The number of aromatic nitrogens is 2. The van der Waals surface area contributed by atoms with E-state index < -0.39 is 17.7 Å². The molecule has 0 amide bonds. The molecule has 0 aliphatic heterocycles. The summed E-state index contributed by atoms with van der Waals surface area (Å²) in [6.07, 6.45) is 3.15. The van der Waals surface area contributed by atoms with E-state index in [9.17, 15) is 13.9 Å². The van der Waals surface area contributed by atoms with Crippen molar-refractivity contribution in [1.82, 2.24) is 9.97 Å². The van der Waals surface area contributed by atoms with Crippen LogP contribution < -0.4 is 5.32 Å². The van der Waals surface area contributed by atoms with E-state index >= 15 is 0 Å². The molecular formula is C23H18ClF2N3O. The lowest BCUT2D eigenvalue weighted by Gasteiger charge is -2.23. The van der Waals surface area contributed by atoms with Gasteiger partial charge < -0.3 is 10.4 Å². The average Bonchev–Trinajstić information content (AvgIpc) is 2.75. The van der Waals surface area contributed by atoms with Crippen LogP contribution in [0.2, 0.25) is 5.02 Å². The molecule has 0 fully saturated rings. The number of hydrogen-bond donors (Lipinski definition) is 2. The van der Waals surface area contributed by atoms with Gasteiger partial charge in [0.25, 0.3) is 0 Å². The first-order valence-electron chi connectivity index (χ1n) is 9.41. The lowest BCUT2D eigenvalue weighted by atomic mass is 9.95. The Balaban J connectivity index is 1.90. The number of nitrogens with zero attached hydrogens (tertiary/aromatic N) is 2. The summed E-state index contributed by atoms with van der Waals surface area (Å²) in [5.41, 5.74) is 1.37. The van der Waals surface area contributed by atoms with Crippen molar-refractivity contribution < 1.29 is 13.9 Å². The van der Waals surface area contributed by atoms with Gasteiger partial charge >= 0.3 is 0 Å². The standard InChI is InChI=1S/C23H18ClF2N3O/c1-2-13-11-19(28-12-18(13)26)29-22(20-16(24)6-3-7-17(20)25)15-9-8-14-5-4-10-27-21(14)23(15)30/h3-12,22,30H,2H2,1H3,(H,28,29). The molecule has 0 saturated carbocycles. The molecule has 2 aromatic heterocycles. The second-order valence-corrected chi connectivity index (χ2v) is 7.21. The number of rotatable bonds is 5. The van der Waals surface area contributed by atoms with E-state index in [4.69, 9.17) is 11.6 Å². The van der Waals surface area contributed by atoms with Crippen LogP contribution in [0.1, 0.15) is 29.7 Å². The lowest BCUT2D eigenvalue weighted by Crippen LogP contribution is -2.16. The summed E-state index contributed by atoms with van der Waals surface area (Å²) >= 11 is 6.34. The zero-order chi connectivity index (χ0) is 21.3. The molecule has 0 aliphatic carbocycles. The predicted molar refractivity (Wildman–Crippen MR) is 114 cm³/mol. The minimum atomic E-state index is -0.882. The molecule has 4 aromatic rings. The Bertz CT molecular complexity index is 1210. The van der Waals surface area contributed by atoms with E-state index in [-0.39, 0.29) is 16.3 Å². The van der Waals surface area contributed by atoms with Crippen LogP contribution in [-0.4, -0.2) is 15.1 Å². The third kappa shape index (κ3) is 3.66. The van der Waals surface area contributed by atoms with Gasteiger partial charge in [0.2, 0.25) is 0 Å². The molecule has 0 bridgehead atoms. The minimum Gasteiger partial charge on any atom is -0.505 e. The van der Waals surface area contributed by atoms with Gasteiger partial charge in [-0.25, -0.2) is 13.8 Å². The van der Waals surface area contributed by atoms with Gasteiger partial charge in [0.15, 0.2) is 0 Å². The first-order valence-corrected chi connectivity index (χ1v) is 9.78. The predicted octanol–water partition coefficient (Wildman–Crippen LogP) is 6.03. The summed E-state index contributed by atoms with van der Waals surface area (Å²) in [6.45, 7) is 1.83. The van der Waals surface area contributed by atoms with Gasteiger partial charge in [-0.2, -0.15) is 0 Å². The maximum Gasteiger partial charge on any atom is 0.147 e. The van der Waals surface area contributed by atoms with Crippen LogP contribution in [0, 0.1) is 11.6 Å². The van der Waals surface area contributed by atoms with Crippen molar-refractivity contribution in [2.75, 3.05) is 5.32 Å². The van der Waals surface area contributed by atoms with Gasteiger partial charge in [0.05, 0.1) is 12.2 Å². The Kier molecular flexibility index (Phi) is 5.50. The van der Waals surface area contributed by atoms with Gasteiger partial charge in [0, 0.05) is 27.7 Å². The number of benzene rings is 2. The van der Waals surface area contributed by atoms with Crippen LogP contribution in [0.5, 0.6) is 5.75 Å². The molecule has 0 radical (unpaired) electrons. The smallest absolute Gasteiger partial charge is 0.147 e. The number of phenolic OH excluding ortho intramolecular Hbond substituents is 1. The van der Waals surface area contributed by atoms with E-state index in [1.807, 2.05) is 13.0 Å². The SMILES string of the molecule is CCc1cc(NC(c2ccc3cccnc3c2O)c2c(F)cccc2Cl)ncc1F. The second kappa shape index (κ2) is 8.24. The van der Waals surface area contributed by atoms with Gasteiger partial charge in [-0.3, -0.25) is 4.98 Å². The fourth-order valence-electron chi connectivity index (χ4n) is 3.45. The van der Waals surface area contributed by atoms with Gasteiger partial charge in [-0.1, -0.05) is 42.8 Å². The number of phenols is 1. The molecule has 1 unspecified atom stereocenters. The van der Waals surface area contributed by atoms with Crippen LogP contribution in [0.4, 0.5) is 14.6 Å². The number of anilines is 1. The van der Waals surface area contributed by atoms with Crippen molar-refractivity contribution in [3.05, 3.63) is 94.3 Å². The van der Waals surface area contributed by atoms with E-state index in [1.165, 1.54) is 12.1 Å². The first kappa shape index (κ1) is 20.0. The van der Waals surface area contributed by atoms with Crippen LogP contribution in [0.15, 0.2) is 60.9 Å². The second-order valence-electron chi connectivity index (χ2n) is 6.81. The van der Waals surface area contributed by atoms with Crippen molar-refractivity contribution >= 4 is 28.3 Å². The summed E-state index contributed by atoms with van der Waals surface area (Å²) in [4.78, 5) is 8.32. The molecule has 7 heteroatoms. The van der Waals surface area contributed by atoms with E-state index in [0.717, 1.165) is 11.6 Å². The molecule has 0 saturated heterocycles. The fraction of sp³-hybridized carbons (Fsp3) is 0.130. The Morgan fingerprint density at radius 3 is 2.67 bits per heavy atom. The normalized spacial score (nSPS) is 12.1. The van der Waals surface area contributed by atoms with Gasteiger partial charge in [-0.05, 0) is 36.2 Å². The number of pyridine rings is 2. The number of aryl methyl sites for hydroxylation is 1. The van der Waals surface area contributed by atoms with E-state index in [0.29, 0.717) is 28.9 Å². The summed E-state index contributed by atoms with van der Waals surface area (Å²) < 4.78 is 28.7. The molecule has 152 valence electrons. The van der Waals surface area contributed by atoms with Crippen molar-refractivity contribution in [3.63, 3.8) is 0 Å². The largest absolute Gasteiger partial charge is 0.505 e.